The zero-order valence-corrected chi connectivity index (χ0v) is 16.1. The van der Waals surface area contributed by atoms with Gasteiger partial charge in [-0.3, -0.25) is 9.69 Å². The quantitative estimate of drug-likeness (QED) is 0.743. The van der Waals surface area contributed by atoms with Crippen molar-refractivity contribution in [3.63, 3.8) is 0 Å². The second-order valence-electron chi connectivity index (χ2n) is 6.97. The van der Waals surface area contributed by atoms with Gasteiger partial charge in [0.05, 0.1) is 12.1 Å². The molecule has 28 heavy (non-hydrogen) atoms. The summed E-state index contributed by atoms with van der Waals surface area (Å²) in [5, 5.41) is 3.94. The number of para-hydroxylation sites is 1. The number of amides is 1. The molecule has 1 saturated heterocycles. The summed E-state index contributed by atoms with van der Waals surface area (Å²) in [5.74, 6) is 1.82. The minimum Gasteiger partial charge on any atom is -0.355 e. The Morgan fingerprint density at radius 2 is 1.68 bits per heavy atom. The third kappa shape index (κ3) is 3.97. The van der Waals surface area contributed by atoms with E-state index in [4.69, 9.17) is 9.97 Å². The summed E-state index contributed by atoms with van der Waals surface area (Å²) >= 11 is 0. The molecule has 1 fully saturated rings. The average molecular weight is 375 g/mol. The average Bonchev–Trinajstić information content (AvgIpc) is 2.74. The van der Waals surface area contributed by atoms with Crippen LogP contribution in [0.3, 0.4) is 0 Å². The summed E-state index contributed by atoms with van der Waals surface area (Å²) in [5.41, 5.74) is 1.97. The first-order chi connectivity index (χ1) is 13.7. The van der Waals surface area contributed by atoms with Gasteiger partial charge in [-0.1, -0.05) is 42.5 Å². The van der Waals surface area contributed by atoms with Gasteiger partial charge in [-0.2, -0.15) is 0 Å². The molecule has 2 heterocycles. The highest BCUT2D eigenvalue weighted by Gasteiger charge is 2.22. The van der Waals surface area contributed by atoms with E-state index in [1.807, 2.05) is 55.5 Å². The number of carbonyl (C=O) groups excluding carboxylic acids is 1. The summed E-state index contributed by atoms with van der Waals surface area (Å²) in [4.78, 5) is 26.1. The molecule has 0 radical (unpaired) electrons. The molecule has 1 N–H and O–H groups in total. The van der Waals surface area contributed by atoms with Gasteiger partial charge in [0.15, 0.2) is 5.82 Å². The van der Waals surface area contributed by atoms with E-state index in [-0.39, 0.29) is 5.91 Å². The molecule has 1 aliphatic heterocycles. The summed E-state index contributed by atoms with van der Waals surface area (Å²) in [6.45, 7) is 6.45. The van der Waals surface area contributed by atoms with Crippen LogP contribution in [0, 0.1) is 0 Å². The SMILES string of the molecule is CCNC(=O)CN1CCN(c2nc(-c3ccccc3)nc3ccccc23)CC1. The van der Waals surface area contributed by atoms with Crippen LogP contribution in [0.15, 0.2) is 54.6 Å². The Labute approximate surface area is 165 Å². The van der Waals surface area contributed by atoms with E-state index in [9.17, 15) is 4.79 Å². The smallest absolute Gasteiger partial charge is 0.234 e. The molecular weight excluding hydrogens is 350 g/mol. The molecule has 144 valence electrons. The third-order valence-corrected chi connectivity index (χ3v) is 5.03. The van der Waals surface area contributed by atoms with E-state index in [0.717, 1.165) is 54.3 Å². The normalized spacial score (nSPS) is 15.0. The maximum Gasteiger partial charge on any atom is 0.234 e. The number of fused-ring (bicyclic) bond motifs is 1. The number of benzene rings is 2. The maximum absolute atomic E-state index is 11.9. The highest BCUT2D eigenvalue weighted by atomic mass is 16.2. The van der Waals surface area contributed by atoms with Gasteiger partial charge in [-0.15, -0.1) is 0 Å². The number of aromatic nitrogens is 2. The van der Waals surface area contributed by atoms with Crippen LogP contribution in [0.25, 0.3) is 22.3 Å². The lowest BCUT2D eigenvalue weighted by atomic mass is 10.1. The number of anilines is 1. The summed E-state index contributed by atoms with van der Waals surface area (Å²) < 4.78 is 0. The van der Waals surface area contributed by atoms with Crippen molar-refractivity contribution in [1.82, 2.24) is 20.2 Å². The molecule has 0 bridgehead atoms. The van der Waals surface area contributed by atoms with Crippen molar-refractivity contribution in [2.45, 2.75) is 6.92 Å². The van der Waals surface area contributed by atoms with Crippen LogP contribution in [0.1, 0.15) is 6.92 Å². The van der Waals surface area contributed by atoms with Crippen LogP contribution < -0.4 is 10.2 Å². The third-order valence-electron chi connectivity index (χ3n) is 5.03. The first-order valence-electron chi connectivity index (χ1n) is 9.81. The molecule has 3 aromatic rings. The van der Waals surface area contributed by atoms with Crippen molar-refractivity contribution in [3.05, 3.63) is 54.6 Å². The van der Waals surface area contributed by atoms with Gasteiger partial charge in [0.2, 0.25) is 5.91 Å². The van der Waals surface area contributed by atoms with Crippen LogP contribution in [-0.4, -0.2) is 60.0 Å². The highest BCUT2D eigenvalue weighted by Crippen LogP contribution is 2.28. The van der Waals surface area contributed by atoms with E-state index in [1.165, 1.54) is 0 Å². The predicted octanol–water partition coefficient (Wildman–Crippen LogP) is 2.55. The molecule has 1 aliphatic rings. The van der Waals surface area contributed by atoms with E-state index in [2.05, 4.69) is 21.2 Å². The van der Waals surface area contributed by atoms with Crippen LogP contribution in [0.4, 0.5) is 5.82 Å². The Hall–Kier alpha value is -2.99. The maximum atomic E-state index is 11.9. The molecule has 1 aromatic heterocycles. The second kappa shape index (κ2) is 8.35. The zero-order chi connectivity index (χ0) is 19.3. The Morgan fingerprint density at radius 1 is 0.964 bits per heavy atom. The molecule has 4 rings (SSSR count). The number of hydrogen-bond acceptors (Lipinski definition) is 5. The lowest BCUT2D eigenvalue weighted by Crippen LogP contribution is -2.49. The fourth-order valence-electron chi connectivity index (χ4n) is 3.59. The number of piperazine rings is 1. The number of rotatable bonds is 5. The van der Waals surface area contributed by atoms with E-state index >= 15 is 0 Å². The van der Waals surface area contributed by atoms with Crippen molar-refractivity contribution in [2.24, 2.45) is 0 Å². The minimum absolute atomic E-state index is 0.0924. The monoisotopic (exact) mass is 375 g/mol. The number of hydrogen-bond donors (Lipinski definition) is 1. The molecule has 0 spiro atoms. The van der Waals surface area contributed by atoms with Gasteiger partial charge in [-0.25, -0.2) is 9.97 Å². The van der Waals surface area contributed by atoms with Crippen molar-refractivity contribution in [3.8, 4) is 11.4 Å². The molecule has 6 heteroatoms. The summed E-state index contributed by atoms with van der Waals surface area (Å²) in [6, 6.07) is 18.3. The Balaban J connectivity index is 1.59. The van der Waals surface area contributed by atoms with Crippen LogP contribution in [-0.2, 0) is 4.79 Å². The van der Waals surface area contributed by atoms with Crippen molar-refractivity contribution < 1.29 is 4.79 Å². The molecular formula is C22H25N5O. The van der Waals surface area contributed by atoms with E-state index in [1.54, 1.807) is 0 Å². The van der Waals surface area contributed by atoms with Gasteiger partial charge in [0, 0.05) is 43.7 Å². The molecule has 0 unspecified atom stereocenters. The van der Waals surface area contributed by atoms with Crippen molar-refractivity contribution in [1.29, 1.82) is 0 Å². The summed E-state index contributed by atoms with van der Waals surface area (Å²) in [6.07, 6.45) is 0. The standard InChI is InChI=1S/C22H25N5O/c1-2-23-20(28)16-26-12-14-27(15-13-26)22-18-10-6-7-11-19(18)24-21(25-22)17-8-4-3-5-9-17/h3-11H,2,12-16H2,1H3,(H,23,28). The van der Waals surface area contributed by atoms with Crippen LogP contribution >= 0.6 is 0 Å². The fraction of sp³-hybridized carbons (Fsp3) is 0.318. The Morgan fingerprint density at radius 3 is 2.43 bits per heavy atom. The highest BCUT2D eigenvalue weighted by molar-refractivity contribution is 5.91. The van der Waals surface area contributed by atoms with Gasteiger partial charge in [0.1, 0.15) is 5.82 Å². The first kappa shape index (κ1) is 18.4. The molecule has 6 nitrogen and oxygen atoms in total. The van der Waals surface area contributed by atoms with Gasteiger partial charge < -0.3 is 10.2 Å². The zero-order valence-electron chi connectivity index (χ0n) is 16.1. The Bertz CT molecular complexity index is 952. The van der Waals surface area contributed by atoms with Gasteiger partial charge in [0.25, 0.3) is 0 Å². The number of nitrogens with zero attached hydrogens (tertiary/aromatic N) is 4. The van der Waals surface area contributed by atoms with Crippen LogP contribution in [0.2, 0.25) is 0 Å². The summed E-state index contributed by atoms with van der Waals surface area (Å²) in [7, 11) is 0. The Kier molecular flexibility index (Phi) is 5.48. The van der Waals surface area contributed by atoms with E-state index < -0.39 is 0 Å². The molecule has 0 atom stereocenters. The van der Waals surface area contributed by atoms with Crippen molar-refractivity contribution >= 4 is 22.6 Å². The topological polar surface area (TPSA) is 61.4 Å². The van der Waals surface area contributed by atoms with Gasteiger partial charge >= 0.3 is 0 Å². The fourth-order valence-corrected chi connectivity index (χ4v) is 3.59. The van der Waals surface area contributed by atoms with Crippen LogP contribution in [0.5, 0.6) is 0 Å². The molecule has 1 amide bonds. The van der Waals surface area contributed by atoms with E-state index in [0.29, 0.717) is 13.1 Å². The lowest BCUT2D eigenvalue weighted by Gasteiger charge is -2.35. The van der Waals surface area contributed by atoms with Crippen molar-refractivity contribution in [2.75, 3.05) is 44.2 Å². The predicted molar refractivity (Wildman–Crippen MR) is 112 cm³/mol. The molecule has 2 aromatic carbocycles. The number of nitrogens with one attached hydrogen (secondary N) is 1. The largest absolute Gasteiger partial charge is 0.355 e. The second-order valence-corrected chi connectivity index (χ2v) is 6.97. The lowest BCUT2D eigenvalue weighted by molar-refractivity contribution is -0.122. The molecule has 0 aliphatic carbocycles. The number of carbonyl (C=O) groups is 1. The first-order valence-corrected chi connectivity index (χ1v) is 9.81. The minimum atomic E-state index is 0.0924. The number of likely N-dealkylation sites (N-methyl/N-ethyl adjacent to an activating group) is 1. The van der Waals surface area contributed by atoms with Gasteiger partial charge in [-0.05, 0) is 19.1 Å². The molecule has 0 saturated carbocycles.